The minimum atomic E-state index is -4.76. The Morgan fingerprint density at radius 1 is 1.13 bits per heavy atom. The van der Waals surface area contributed by atoms with Gasteiger partial charge < -0.3 is 5.32 Å². The fraction of sp³-hybridized carbons (Fsp3) is 0.133. The van der Waals surface area contributed by atoms with Crippen molar-refractivity contribution in [3.8, 4) is 0 Å². The lowest BCUT2D eigenvalue weighted by atomic mass is 10.1. The fourth-order valence-corrected chi connectivity index (χ4v) is 2.66. The first kappa shape index (κ1) is 17.0. The third-order valence-corrected chi connectivity index (χ3v) is 4.48. The largest absolute Gasteiger partial charge is 0.341 e. The third kappa shape index (κ3) is 3.70. The molecular weight excluding hydrogens is 331 g/mol. The van der Waals surface area contributed by atoms with Crippen LogP contribution in [0.3, 0.4) is 0 Å². The van der Waals surface area contributed by atoms with Gasteiger partial charge >= 0.3 is 5.76 Å². The molecular formula is C15H12F3NO3S. The second kappa shape index (κ2) is 6.41. The summed E-state index contributed by atoms with van der Waals surface area (Å²) in [5.41, 5.74) is 0.591. The number of nitrogens with one attached hydrogen (secondary N) is 1. The first-order valence-corrected chi connectivity index (χ1v) is 7.96. The van der Waals surface area contributed by atoms with E-state index in [1.54, 1.807) is 6.92 Å². The van der Waals surface area contributed by atoms with E-state index in [1.807, 2.05) is 0 Å². The van der Waals surface area contributed by atoms with Gasteiger partial charge in [0.05, 0.1) is 4.90 Å². The Morgan fingerprint density at radius 2 is 1.83 bits per heavy atom. The maximum atomic E-state index is 13.2. The Bertz CT molecular complexity index is 851. The molecule has 1 N–H and O–H groups in total. The summed E-state index contributed by atoms with van der Waals surface area (Å²) in [7, 11) is -4.76. The summed E-state index contributed by atoms with van der Waals surface area (Å²) in [4.78, 5) is 11.5. The predicted molar refractivity (Wildman–Crippen MR) is 78.7 cm³/mol. The zero-order chi connectivity index (χ0) is 17.2. The summed E-state index contributed by atoms with van der Waals surface area (Å²) >= 11 is 0. The molecule has 2 aromatic carbocycles. The zero-order valence-corrected chi connectivity index (χ0v) is 12.7. The molecule has 0 aromatic heterocycles. The van der Waals surface area contributed by atoms with Crippen LogP contribution in [-0.2, 0) is 9.84 Å². The Labute approximate surface area is 130 Å². The molecule has 0 aliphatic heterocycles. The fourth-order valence-electron chi connectivity index (χ4n) is 1.89. The standard InChI is InChI=1S/C15H12F3NO3S/c1-9-5-6-10(16)7-13(9)14(20)19-11-3-2-4-12(8-11)23(21,22)15(17)18/h2-8,15H,1H3,(H,19,20). The van der Waals surface area contributed by atoms with Crippen molar-refractivity contribution < 1.29 is 26.4 Å². The molecule has 4 nitrogen and oxygen atoms in total. The van der Waals surface area contributed by atoms with Crippen LogP contribution in [0.15, 0.2) is 47.4 Å². The maximum Gasteiger partial charge on any atom is 0.341 e. The maximum absolute atomic E-state index is 13.2. The average molecular weight is 343 g/mol. The molecule has 23 heavy (non-hydrogen) atoms. The van der Waals surface area contributed by atoms with Gasteiger partial charge in [0.2, 0.25) is 9.84 Å². The molecule has 0 spiro atoms. The summed E-state index contributed by atoms with van der Waals surface area (Å²) in [6.45, 7) is 1.60. The number of hydrogen-bond acceptors (Lipinski definition) is 3. The molecule has 0 bridgehead atoms. The third-order valence-electron chi connectivity index (χ3n) is 3.10. The van der Waals surface area contributed by atoms with E-state index in [4.69, 9.17) is 0 Å². The molecule has 1 amide bonds. The monoisotopic (exact) mass is 343 g/mol. The van der Waals surface area contributed by atoms with Gasteiger partial charge in [0.15, 0.2) is 0 Å². The normalized spacial score (nSPS) is 11.5. The van der Waals surface area contributed by atoms with Gasteiger partial charge in [-0.1, -0.05) is 12.1 Å². The summed E-state index contributed by atoms with van der Waals surface area (Å²) in [5.74, 6) is -4.83. The van der Waals surface area contributed by atoms with Gasteiger partial charge in [-0.2, -0.15) is 8.78 Å². The molecule has 0 atom stereocenters. The van der Waals surface area contributed by atoms with E-state index in [0.29, 0.717) is 5.56 Å². The Balaban J connectivity index is 2.31. The SMILES string of the molecule is Cc1ccc(F)cc1C(=O)Nc1cccc(S(=O)(=O)C(F)F)c1. The van der Waals surface area contributed by atoms with Gasteiger partial charge in [-0.15, -0.1) is 0 Å². The molecule has 122 valence electrons. The second-order valence-corrected chi connectivity index (χ2v) is 6.66. The summed E-state index contributed by atoms with van der Waals surface area (Å²) < 4.78 is 61.1. The van der Waals surface area contributed by atoms with Crippen molar-refractivity contribution in [1.29, 1.82) is 0 Å². The molecule has 0 radical (unpaired) electrons. The van der Waals surface area contributed by atoms with Crippen LogP contribution in [0, 0.1) is 12.7 Å². The van der Waals surface area contributed by atoms with Crippen molar-refractivity contribution in [2.24, 2.45) is 0 Å². The van der Waals surface area contributed by atoms with E-state index in [-0.39, 0.29) is 11.3 Å². The lowest BCUT2D eigenvalue weighted by molar-refractivity contribution is 0.102. The van der Waals surface area contributed by atoms with E-state index in [0.717, 1.165) is 18.2 Å². The number of amides is 1. The van der Waals surface area contributed by atoms with Crippen molar-refractivity contribution in [2.45, 2.75) is 17.6 Å². The number of sulfone groups is 1. The van der Waals surface area contributed by atoms with Crippen molar-refractivity contribution in [3.63, 3.8) is 0 Å². The first-order chi connectivity index (χ1) is 10.7. The topological polar surface area (TPSA) is 63.2 Å². The summed E-state index contributed by atoms with van der Waals surface area (Å²) in [6, 6.07) is 8.15. The van der Waals surface area contributed by atoms with Gasteiger partial charge in [-0.3, -0.25) is 4.79 Å². The highest BCUT2D eigenvalue weighted by Gasteiger charge is 2.26. The molecule has 2 aromatic rings. The summed E-state index contributed by atoms with van der Waals surface area (Å²) in [5, 5.41) is 2.36. The Kier molecular flexibility index (Phi) is 4.74. The Hall–Kier alpha value is -2.35. The Morgan fingerprint density at radius 3 is 2.48 bits per heavy atom. The number of aryl methyl sites for hydroxylation is 1. The number of anilines is 1. The van der Waals surface area contributed by atoms with Crippen LogP contribution < -0.4 is 5.32 Å². The van der Waals surface area contributed by atoms with E-state index >= 15 is 0 Å². The van der Waals surface area contributed by atoms with Crippen LogP contribution in [0.1, 0.15) is 15.9 Å². The first-order valence-electron chi connectivity index (χ1n) is 6.41. The highest BCUT2D eigenvalue weighted by molar-refractivity contribution is 7.91. The van der Waals surface area contributed by atoms with Crippen LogP contribution >= 0.6 is 0 Å². The average Bonchev–Trinajstić information content (AvgIpc) is 2.49. The number of alkyl halides is 2. The highest BCUT2D eigenvalue weighted by Crippen LogP contribution is 2.22. The van der Waals surface area contributed by atoms with E-state index in [1.165, 1.54) is 24.3 Å². The number of carbonyl (C=O) groups is 1. The molecule has 0 aliphatic rings. The van der Waals surface area contributed by atoms with E-state index in [2.05, 4.69) is 5.32 Å². The van der Waals surface area contributed by atoms with Gasteiger partial charge in [0, 0.05) is 11.3 Å². The van der Waals surface area contributed by atoms with Crippen LogP contribution in [0.2, 0.25) is 0 Å². The molecule has 2 rings (SSSR count). The lowest BCUT2D eigenvalue weighted by Crippen LogP contribution is -2.15. The molecule has 0 fully saturated rings. The molecule has 0 saturated heterocycles. The van der Waals surface area contributed by atoms with E-state index in [9.17, 15) is 26.4 Å². The van der Waals surface area contributed by atoms with Crippen molar-refractivity contribution in [1.82, 2.24) is 0 Å². The minimum absolute atomic E-state index is 0.0142. The number of carbonyl (C=O) groups excluding carboxylic acids is 1. The second-order valence-electron chi connectivity index (χ2n) is 4.75. The number of benzene rings is 2. The van der Waals surface area contributed by atoms with Crippen LogP contribution in [-0.4, -0.2) is 20.1 Å². The number of rotatable bonds is 4. The molecule has 0 heterocycles. The zero-order valence-electron chi connectivity index (χ0n) is 11.9. The van der Waals surface area contributed by atoms with Crippen molar-refractivity contribution in [3.05, 3.63) is 59.4 Å². The van der Waals surface area contributed by atoms with Crippen LogP contribution in [0.5, 0.6) is 0 Å². The van der Waals surface area contributed by atoms with Crippen molar-refractivity contribution in [2.75, 3.05) is 5.32 Å². The van der Waals surface area contributed by atoms with Crippen LogP contribution in [0.4, 0.5) is 18.9 Å². The lowest BCUT2D eigenvalue weighted by Gasteiger charge is -2.09. The predicted octanol–water partition coefficient (Wildman–Crippen LogP) is 3.38. The molecule has 0 unspecified atom stereocenters. The van der Waals surface area contributed by atoms with Gasteiger partial charge in [-0.05, 0) is 42.8 Å². The van der Waals surface area contributed by atoms with Gasteiger partial charge in [-0.25, -0.2) is 12.8 Å². The van der Waals surface area contributed by atoms with Gasteiger partial charge in [0.1, 0.15) is 5.82 Å². The van der Waals surface area contributed by atoms with Crippen molar-refractivity contribution >= 4 is 21.4 Å². The molecule has 0 aliphatic carbocycles. The molecule has 0 saturated carbocycles. The summed E-state index contributed by atoms with van der Waals surface area (Å²) in [6.07, 6.45) is 0. The number of halogens is 3. The minimum Gasteiger partial charge on any atom is -0.322 e. The van der Waals surface area contributed by atoms with Crippen LogP contribution in [0.25, 0.3) is 0 Å². The quantitative estimate of drug-likeness (QED) is 0.926. The van der Waals surface area contributed by atoms with E-state index < -0.39 is 32.2 Å². The highest BCUT2D eigenvalue weighted by atomic mass is 32.2. The molecule has 8 heteroatoms. The number of hydrogen-bond donors (Lipinski definition) is 1. The van der Waals surface area contributed by atoms with Gasteiger partial charge in [0.25, 0.3) is 5.91 Å². The smallest absolute Gasteiger partial charge is 0.322 e.